The third-order valence-corrected chi connectivity index (χ3v) is 2.23. The summed E-state index contributed by atoms with van der Waals surface area (Å²) in [6.07, 6.45) is 0. The minimum Gasteiger partial charge on any atom is -0.382 e. The van der Waals surface area contributed by atoms with Gasteiger partial charge in [0.1, 0.15) is 12.6 Å². The monoisotopic (exact) mass is 248 g/mol. The zero-order valence-electron chi connectivity index (χ0n) is 10.3. The van der Waals surface area contributed by atoms with Gasteiger partial charge in [-0.05, 0) is 5.56 Å². The second-order valence-corrected chi connectivity index (χ2v) is 3.59. The van der Waals surface area contributed by atoms with E-state index in [2.05, 4.69) is 5.32 Å². The molecule has 0 spiro atoms. The van der Waals surface area contributed by atoms with Gasteiger partial charge in [0.15, 0.2) is 0 Å². The van der Waals surface area contributed by atoms with Gasteiger partial charge in [0, 0.05) is 7.11 Å². The number of benzene rings is 1. The van der Waals surface area contributed by atoms with Crippen LogP contribution in [0.3, 0.4) is 0 Å². The third kappa shape index (κ3) is 4.95. The summed E-state index contributed by atoms with van der Waals surface area (Å²) in [4.78, 5) is 11.5. The lowest BCUT2D eigenvalue weighted by molar-refractivity contribution is -0.126. The molecule has 0 radical (unpaired) electrons. The minimum atomic E-state index is -0.648. The molecule has 0 bridgehead atoms. The van der Waals surface area contributed by atoms with E-state index in [9.17, 15) is 4.79 Å². The molecule has 0 aromatic heterocycles. The first-order valence-corrected chi connectivity index (χ1v) is 5.58. The summed E-state index contributed by atoms with van der Waals surface area (Å²) in [5.41, 5.74) is 0.755. The van der Waals surface area contributed by atoms with Crippen LogP contribution in [0.5, 0.6) is 0 Å². The van der Waals surface area contributed by atoms with Gasteiger partial charge in [0.05, 0.1) is 19.3 Å². The fourth-order valence-electron chi connectivity index (χ4n) is 1.35. The molecule has 0 fully saturated rings. The van der Waals surface area contributed by atoms with Crippen LogP contribution in [0.25, 0.3) is 0 Å². The van der Waals surface area contributed by atoms with E-state index in [0.29, 0.717) is 13.2 Å². The van der Waals surface area contributed by atoms with Crippen molar-refractivity contribution in [3.8, 4) is 6.07 Å². The number of nitriles is 1. The van der Waals surface area contributed by atoms with Gasteiger partial charge in [0.2, 0.25) is 5.91 Å². The Morgan fingerprint density at radius 2 is 2.11 bits per heavy atom. The molecule has 1 aromatic rings. The molecule has 1 unspecified atom stereocenters. The predicted molar refractivity (Wildman–Crippen MR) is 65.6 cm³/mol. The van der Waals surface area contributed by atoms with Gasteiger partial charge in [-0.15, -0.1) is 0 Å². The Bertz CT molecular complexity index is 400. The van der Waals surface area contributed by atoms with Gasteiger partial charge in [-0.1, -0.05) is 30.3 Å². The van der Waals surface area contributed by atoms with Crippen LogP contribution in [0.1, 0.15) is 11.6 Å². The van der Waals surface area contributed by atoms with Gasteiger partial charge in [-0.2, -0.15) is 5.26 Å². The smallest absolute Gasteiger partial charge is 0.247 e. The summed E-state index contributed by atoms with van der Waals surface area (Å²) in [5, 5.41) is 11.6. The lowest BCUT2D eigenvalue weighted by atomic mass is 10.1. The minimum absolute atomic E-state index is 0.0750. The molecule has 1 rings (SSSR count). The summed E-state index contributed by atoms with van der Waals surface area (Å²) < 4.78 is 9.86. The number of hydrogen-bond acceptors (Lipinski definition) is 4. The molecule has 0 saturated heterocycles. The molecule has 1 amide bonds. The van der Waals surface area contributed by atoms with Crippen LogP contribution in [0.2, 0.25) is 0 Å². The molecule has 5 heteroatoms. The molecule has 1 aromatic carbocycles. The van der Waals surface area contributed by atoms with E-state index >= 15 is 0 Å². The van der Waals surface area contributed by atoms with Crippen molar-refractivity contribution < 1.29 is 14.3 Å². The Hall–Kier alpha value is -1.90. The van der Waals surface area contributed by atoms with E-state index < -0.39 is 6.04 Å². The Morgan fingerprint density at radius 3 is 2.72 bits per heavy atom. The third-order valence-electron chi connectivity index (χ3n) is 2.23. The van der Waals surface area contributed by atoms with Crippen molar-refractivity contribution in [3.63, 3.8) is 0 Å². The molecular weight excluding hydrogens is 232 g/mol. The Kier molecular flexibility index (Phi) is 6.47. The van der Waals surface area contributed by atoms with E-state index in [1.165, 1.54) is 0 Å². The molecule has 5 nitrogen and oxygen atoms in total. The first-order valence-electron chi connectivity index (χ1n) is 5.58. The van der Waals surface area contributed by atoms with Crippen LogP contribution < -0.4 is 5.32 Å². The Balaban J connectivity index is 2.40. The average molecular weight is 248 g/mol. The van der Waals surface area contributed by atoms with Gasteiger partial charge in [0.25, 0.3) is 0 Å². The maximum Gasteiger partial charge on any atom is 0.247 e. The van der Waals surface area contributed by atoms with E-state index in [1.54, 1.807) is 19.2 Å². The lowest BCUT2D eigenvalue weighted by Gasteiger charge is -2.11. The summed E-state index contributed by atoms with van der Waals surface area (Å²) in [6, 6.07) is 10.5. The number of rotatable bonds is 7. The van der Waals surface area contributed by atoms with Crippen molar-refractivity contribution in [2.24, 2.45) is 0 Å². The number of carbonyl (C=O) groups is 1. The topological polar surface area (TPSA) is 71.3 Å². The number of amides is 1. The summed E-state index contributed by atoms with van der Waals surface area (Å²) in [6.45, 7) is 0.717. The van der Waals surface area contributed by atoms with Crippen LogP contribution in [-0.4, -0.2) is 32.8 Å². The molecule has 96 valence electrons. The number of hydrogen-bond donors (Lipinski definition) is 1. The van der Waals surface area contributed by atoms with Crippen LogP contribution in [0.4, 0.5) is 0 Å². The van der Waals surface area contributed by atoms with Crippen molar-refractivity contribution in [1.82, 2.24) is 5.32 Å². The molecule has 1 N–H and O–H groups in total. The lowest BCUT2D eigenvalue weighted by Crippen LogP contribution is -2.31. The largest absolute Gasteiger partial charge is 0.382 e. The summed E-state index contributed by atoms with van der Waals surface area (Å²) in [7, 11) is 1.56. The maximum absolute atomic E-state index is 11.5. The van der Waals surface area contributed by atoms with Crippen molar-refractivity contribution >= 4 is 5.91 Å². The van der Waals surface area contributed by atoms with Gasteiger partial charge in [-0.3, -0.25) is 4.79 Å². The zero-order valence-corrected chi connectivity index (χ0v) is 10.3. The van der Waals surface area contributed by atoms with Gasteiger partial charge in [-0.25, -0.2) is 0 Å². The highest BCUT2D eigenvalue weighted by molar-refractivity contribution is 5.78. The van der Waals surface area contributed by atoms with E-state index in [1.807, 2.05) is 24.3 Å². The number of ether oxygens (including phenoxy) is 2. The summed E-state index contributed by atoms with van der Waals surface area (Å²) in [5.74, 6) is -0.318. The molecule has 18 heavy (non-hydrogen) atoms. The maximum atomic E-state index is 11.5. The number of nitrogens with zero attached hydrogens (tertiary/aromatic N) is 1. The van der Waals surface area contributed by atoms with Crippen molar-refractivity contribution in [2.45, 2.75) is 6.04 Å². The SMILES string of the molecule is COCCOCC(=O)NC(C#N)c1ccccc1. The number of carbonyl (C=O) groups excluding carboxylic acids is 1. The van der Waals surface area contributed by atoms with Gasteiger partial charge >= 0.3 is 0 Å². The van der Waals surface area contributed by atoms with Crippen LogP contribution in [-0.2, 0) is 14.3 Å². The number of methoxy groups -OCH3 is 1. The van der Waals surface area contributed by atoms with Crippen molar-refractivity contribution in [2.75, 3.05) is 26.9 Å². The average Bonchev–Trinajstić information content (AvgIpc) is 2.42. The second-order valence-electron chi connectivity index (χ2n) is 3.59. The Morgan fingerprint density at radius 1 is 1.39 bits per heavy atom. The van der Waals surface area contributed by atoms with Crippen LogP contribution in [0, 0.1) is 11.3 Å². The first kappa shape index (κ1) is 14.2. The number of nitrogens with one attached hydrogen (secondary N) is 1. The van der Waals surface area contributed by atoms with E-state index in [-0.39, 0.29) is 12.5 Å². The zero-order chi connectivity index (χ0) is 13.2. The normalized spacial score (nSPS) is 11.6. The van der Waals surface area contributed by atoms with Gasteiger partial charge < -0.3 is 14.8 Å². The van der Waals surface area contributed by atoms with Crippen molar-refractivity contribution in [1.29, 1.82) is 5.26 Å². The highest BCUT2D eigenvalue weighted by Crippen LogP contribution is 2.10. The van der Waals surface area contributed by atoms with Crippen molar-refractivity contribution in [3.05, 3.63) is 35.9 Å². The van der Waals surface area contributed by atoms with E-state index in [0.717, 1.165) is 5.56 Å². The highest BCUT2D eigenvalue weighted by atomic mass is 16.5. The molecule has 1 atom stereocenters. The highest BCUT2D eigenvalue weighted by Gasteiger charge is 2.12. The standard InChI is InChI=1S/C13H16N2O3/c1-17-7-8-18-10-13(16)15-12(9-14)11-5-3-2-4-6-11/h2-6,12H,7-8,10H2,1H3,(H,15,16). The van der Waals surface area contributed by atoms with E-state index in [4.69, 9.17) is 14.7 Å². The predicted octanol–water partition coefficient (Wildman–Crippen LogP) is 1.03. The first-order chi connectivity index (χ1) is 8.77. The molecular formula is C13H16N2O3. The second kappa shape index (κ2) is 8.23. The van der Waals surface area contributed by atoms with Crippen LogP contribution in [0.15, 0.2) is 30.3 Å². The Labute approximate surface area is 106 Å². The summed E-state index contributed by atoms with van der Waals surface area (Å²) >= 11 is 0. The molecule has 0 aliphatic carbocycles. The fourth-order valence-corrected chi connectivity index (χ4v) is 1.35. The molecule has 0 saturated carbocycles. The molecule has 0 heterocycles. The molecule has 0 aliphatic heterocycles. The molecule has 0 aliphatic rings. The quantitative estimate of drug-likeness (QED) is 0.731. The van der Waals surface area contributed by atoms with Crippen LogP contribution >= 0.6 is 0 Å². The fraction of sp³-hybridized carbons (Fsp3) is 0.385.